The molecule has 328 valence electrons. The fraction of sp³-hybridized carbons (Fsp3) is 0.429. The smallest absolute Gasteiger partial charge is 0.264 e. The summed E-state index contributed by atoms with van der Waals surface area (Å²) in [6.07, 6.45) is 12.5. The molecule has 2 saturated carbocycles. The first kappa shape index (κ1) is 40.3. The summed E-state index contributed by atoms with van der Waals surface area (Å²) in [7, 11) is 0. The van der Waals surface area contributed by atoms with Gasteiger partial charge in [0.15, 0.2) is 17.0 Å². The van der Waals surface area contributed by atoms with E-state index in [1.54, 1.807) is 12.4 Å². The number of nitrogens with zero attached hydrogens (tertiary/aromatic N) is 7. The second-order valence-electron chi connectivity index (χ2n) is 18.9. The van der Waals surface area contributed by atoms with Crippen molar-refractivity contribution in [3.63, 3.8) is 0 Å². The Hall–Kier alpha value is -6.48. The van der Waals surface area contributed by atoms with Crippen molar-refractivity contribution in [2.45, 2.75) is 101 Å². The summed E-state index contributed by atoms with van der Waals surface area (Å²) in [5.41, 5.74) is 6.65. The Labute approximate surface area is 371 Å². The van der Waals surface area contributed by atoms with Gasteiger partial charge in [-0.2, -0.15) is 0 Å². The Kier molecular flexibility index (Phi) is 10.2. The lowest BCUT2D eigenvalue weighted by Gasteiger charge is -2.56. The van der Waals surface area contributed by atoms with Crippen LogP contribution < -0.4 is 20.9 Å². The number of nitrogens with one attached hydrogen (secondary N) is 3. The Morgan fingerprint density at radius 1 is 0.797 bits per heavy atom. The molecule has 5 fully saturated rings. The third-order valence-electron chi connectivity index (χ3n) is 15.1. The van der Waals surface area contributed by atoms with Crippen LogP contribution in [0.15, 0.2) is 85.5 Å². The van der Waals surface area contributed by atoms with E-state index >= 15 is 0 Å². The van der Waals surface area contributed by atoms with Gasteiger partial charge in [-0.15, -0.1) is 0 Å². The molecule has 4 aliphatic heterocycles. The number of aromatic nitrogens is 4. The number of rotatable bonds is 10. The highest BCUT2D eigenvalue weighted by Gasteiger charge is 2.50. The molecule has 11 rings (SSSR count). The Morgan fingerprint density at radius 3 is 2.31 bits per heavy atom. The number of anilines is 3. The number of likely N-dealkylation sites (tertiary alicyclic amines) is 1. The van der Waals surface area contributed by atoms with Gasteiger partial charge in [0.25, 0.3) is 11.8 Å². The molecular weight excluding hydrogens is 809 g/mol. The van der Waals surface area contributed by atoms with Crippen molar-refractivity contribution in [1.82, 2.24) is 40.0 Å². The number of amides is 5. The van der Waals surface area contributed by atoms with Gasteiger partial charge >= 0.3 is 0 Å². The van der Waals surface area contributed by atoms with E-state index in [1.807, 2.05) is 48.8 Å². The Morgan fingerprint density at radius 2 is 1.56 bits per heavy atom. The molecule has 1 atom stereocenters. The minimum atomic E-state index is -0.967. The first-order chi connectivity index (χ1) is 31.2. The molecule has 0 radical (unpaired) electrons. The first-order valence-electron chi connectivity index (χ1n) is 22.9. The third kappa shape index (κ3) is 7.38. The van der Waals surface area contributed by atoms with Crippen LogP contribution in [0.1, 0.15) is 108 Å². The van der Waals surface area contributed by atoms with E-state index in [0.29, 0.717) is 40.7 Å². The zero-order valence-electron chi connectivity index (χ0n) is 35.7. The number of carbonyl (C=O) groups excluding carboxylic acids is 5. The average Bonchev–Trinajstić information content (AvgIpc) is 3.83. The minimum Gasteiger partial charge on any atom is -0.371 e. The largest absolute Gasteiger partial charge is 0.371 e. The fourth-order valence-corrected chi connectivity index (χ4v) is 11.4. The molecule has 0 unspecified atom stereocenters. The number of imide groups is 2. The molecule has 2 aromatic heterocycles. The van der Waals surface area contributed by atoms with Crippen LogP contribution in [0.2, 0.25) is 0 Å². The van der Waals surface area contributed by atoms with E-state index in [4.69, 9.17) is 4.98 Å². The topological polar surface area (TPSA) is 175 Å². The maximum atomic E-state index is 13.7. The van der Waals surface area contributed by atoms with Gasteiger partial charge in [0.1, 0.15) is 12.4 Å². The number of hydrogen-bond acceptors (Lipinski definition) is 11. The molecule has 64 heavy (non-hydrogen) atoms. The molecule has 3 N–H and O–H groups in total. The lowest BCUT2D eigenvalue weighted by molar-refractivity contribution is -0.136. The van der Waals surface area contributed by atoms with Crippen molar-refractivity contribution in [3.8, 4) is 0 Å². The molecule has 5 amide bonds. The highest BCUT2D eigenvalue weighted by Crippen LogP contribution is 2.52. The van der Waals surface area contributed by atoms with Gasteiger partial charge in [-0.05, 0) is 118 Å². The molecule has 6 heterocycles. The van der Waals surface area contributed by atoms with Gasteiger partial charge in [-0.3, -0.25) is 34.2 Å². The summed E-state index contributed by atoms with van der Waals surface area (Å²) >= 11 is 0. The highest BCUT2D eigenvalue weighted by molar-refractivity contribution is 6.25. The van der Waals surface area contributed by atoms with Gasteiger partial charge in [0.2, 0.25) is 17.7 Å². The fourth-order valence-electron chi connectivity index (χ4n) is 11.4. The second kappa shape index (κ2) is 16.3. The predicted octanol–water partition coefficient (Wildman–Crippen LogP) is 5.66. The third-order valence-corrected chi connectivity index (χ3v) is 15.1. The molecule has 6 aliphatic rings. The zero-order chi connectivity index (χ0) is 43.5. The van der Waals surface area contributed by atoms with Crippen LogP contribution in [-0.4, -0.2) is 103 Å². The van der Waals surface area contributed by atoms with E-state index in [2.05, 4.69) is 64.6 Å². The lowest BCUT2D eigenvalue weighted by Crippen LogP contribution is -2.56. The molecule has 15 heteroatoms. The molecule has 0 bridgehead atoms. The first-order valence-corrected chi connectivity index (χ1v) is 22.9. The maximum Gasteiger partial charge on any atom is 0.264 e. The predicted molar refractivity (Wildman–Crippen MR) is 239 cm³/mol. The van der Waals surface area contributed by atoms with E-state index in [0.717, 1.165) is 97.7 Å². The van der Waals surface area contributed by atoms with E-state index < -0.39 is 23.8 Å². The Bertz CT molecular complexity index is 2640. The second-order valence-corrected chi connectivity index (χ2v) is 18.9. The van der Waals surface area contributed by atoms with E-state index in [1.165, 1.54) is 18.4 Å². The van der Waals surface area contributed by atoms with Crippen LogP contribution in [0.25, 0.3) is 11.2 Å². The Balaban J connectivity index is 0.644. The van der Waals surface area contributed by atoms with Crippen LogP contribution >= 0.6 is 0 Å². The molecule has 3 aromatic carbocycles. The number of imidazole rings is 1. The van der Waals surface area contributed by atoms with Crippen molar-refractivity contribution in [1.29, 1.82) is 0 Å². The summed E-state index contributed by atoms with van der Waals surface area (Å²) in [5.74, 6) is -0.628. The summed E-state index contributed by atoms with van der Waals surface area (Å²) in [4.78, 5) is 83.9. The zero-order valence-corrected chi connectivity index (χ0v) is 35.7. The maximum absolute atomic E-state index is 13.7. The highest BCUT2D eigenvalue weighted by atomic mass is 16.2. The quantitative estimate of drug-likeness (QED) is 0.148. The van der Waals surface area contributed by atoms with Crippen molar-refractivity contribution in [2.24, 2.45) is 5.41 Å². The summed E-state index contributed by atoms with van der Waals surface area (Å²) in [6.45, 7) is 3.83. The van der Waals surface area contributed by atoms with Gasteiger partial charge in [0, 0.05) is 43.3 Å². The van der Waals surface area contributed by atoms with E-state index in [-0.39, 0.29) is 36.7 Å². The van der Waals surface area contributed by atoms with Crippen LogP contribution in [0.3, 0.4) is 0 Å². The molecule has 5 aromatic rings. The summed E-state index contributed by atoms with van der Waals surface area (Å²) in [5, 5.41) is 8.94. The molecule has 15 nitrogen and oxygen atoms in total. The van der Waals surface area contributed by atoms with Crippen molar-refractivity contribution >= 4 is 57.9 Å². The van der Waals surface area contributed by atoms with Crippen molar-refractivity contribution < 1.29 is 24.0 Å². The molecular formula is C49H52N10O5. The monoisotopic (exact) mass is 860 g/mol. The van der Waals surface area contributed by atoms with E-state index in [9.17, 15) is 24.0 Å². The van der Waals surface area contributed by atoms with Gasteiger partial charge in [-0.25, -0.2) is 15.0 Å². The number of piperidine rings is 3. The minimum absolute atomic E-state index is 0.0490. The lowest BCUT2D eigenvalue weighted by atomic mass is 9.59. The molecule has 2 aliphatic carbocycles. The SMILES string of the molecule is O=C1CC[C@H](N2C(=O)c3cccc(N4CCC5(CC4)CC(N4CCC(c6ccc(Nc7ncnc8c7ncn8C7CC(NC(=O)Cc8ccccc8)C7)cc6)CC4)C5)c3C2=O)C(=O)N1. The van der Waals surface area contributed by atoms with Crippen LogP contribution in [0.5, 0.6) is 0 Å². The van der Waals surface area contributed by atoms with Crippen molar-refractivity contribution in [2.75, 3.05) is 36.4 Å². The summed E-state index contributed by atoms with van der Waals surface area (Å²) < 4.78 is 2.11. The molecule has 1 spiro atoms. The number of benzene rings is 3. The normalized spacial score (nSPS) is 23.8. The number of hydrogen-bond donors (Lipinski definition) is 3. The average molecular weight is 861 g/mol. The number of fused-ring (bicyclic) bond motifs is 2. The number of carbonyl (C=O) groups is 5. The summed E-state index contributed by atoms with van der Waals surface area (Å²) in [6, 6.07) is 24.0. The molecule has 3 saturated heterocycles. The van der Waals surface area contributed by atoms with Crippen LogP contribution in [0, 0.1) is 5.41 Å². The van der Waals surface area contributed by atoms with Crippen LogP contribution in [0.4, 0.5) is 17.2 Å². The van der Waals surface area contributed by atoms with Gasteiger partial charge in [0.05, 0.1) is 29.6 Å². The van der Waals surface area contributed by atoms with Crippen molar-refractivity contribution in [3.05, 3.63) is 108 Å². The van der Waals surface area contributed by atoms with Gasteiger partial charge in [-0.1, -0.05) is 48.5 Å². The van der Waals surface area contributed by atoms with Crippen LogP contribution in [-0.2, 0) is 20.8 Å². The van der Waals surface area contributed by atoms with Gasteiger partial charge < -0.3 is 25.0 Å². The standard InChI is InChI=1S/C49H52N10O5/c60-40-14-13-39(46(62)55-40)59-47(63)37-7-4-8-38(42(37)48(59)64)57-21-17-49(18-22-57)26-36(27-49)56-19-15-32(16-20-56)31-9-11-33(12-10-31)54-44-43-45(51-28-50-44)58(29-52-43)35-24-34(25-35)53-41(61)23-30-5-2-1-3-6-30/h1-12,28-29,32,34-36,39H,13-27H2,(H,53,61)(H,50,51,54)(H,55,60,62)/t34?,35?,39-/m0/s1.